The maximum atomic E-state index is 12.3. The second kappa shape index (κ2) is 8.92. The molecule has 0 saturated heterocycles. The fourth-order valence-electron chi connectivity index (χ4n) is 2.60. The summed E-state index contributed by atoms with van der Waals surface area (Å²) in [6.07, 6.45) is 0.951. The molecule has 134 valence electrons. The molecule has 1 aromatic heterocycles. The number of urea groups is 1. The van der Waals surface area contributed by atoms with Gasteiger partial charge in [-0.25, -0.2) is 4.79 Å². The summed E-state index contributed by atoms with van der Waals surface area (Å²) in [5.41, 5.74) is 1.05. The zero-order valence-corrected chi connectivity index (χ0v) is 14.5. The summed E-state index contributed by atoms with van der Waals surface area (Å²) >= 11 is 0. The third kappa shape index (κ3) is 6.33. The van der Waals surface area contributed by atoms with Crippen LogP contribution in [0.25, 0.3) is 0 Å². The van der Waals surface area contributed by atoms with Crippen LogP contribution in [0.5, 0.6) is 0 Å². The van der Waals surface area contributed by atoms with Crippen LogP contribution in [0.1, 0.15) is 42.9 Å². The number of carbonyl (C=O) groups is 2. The predicted molar refractivity (Wildman–Crippen MR) is 94.3 cm³/mol. The molecule has 3 N–H and O–H groups in total. The Morgan fingerprint density at radius 1 is 1.12 bits per heavy atom. The van der Waals surface area contributed by atoms with Crippen molar-refractivity contribution in [2.45, 2.75) is 45.2 Å². The van der Waals surface area contributed by atoms with Crippen LogP contribution in [-0.4, -0.2) is 23.1 Å². The predicted octanol–water partition coefficient (Wildman–Crippen LogP) is 3.42. The number of hydrogen-bond acceptors (Lipinski definition) is 3. The molecular weight excluding hydrogens is 320 g/mol. The van der Waals surface area contributed by atoms with Crippen LogP contribution in [0.3, 0.4) is 0 Å². The van der Waals surface area contributed by atoms with Crippen LogP contribution < -0.4 is 10.6 Å². The lowest BCUT2D eigenvalue weighted by Crippen LogP contribution is -2.44. The summed E-state index contributed by atoms with van der Waals surface area (Å²) in [5, 5.41) is 14.6. The van der Waals surface area contributed by atoms with E-state index in [1.807, 2.05) is 56.3 Å². The minimum Gasteiger partial charge on any atom is -0.481 e. The molecule has 2 atom stereocenters. The normalized spacial score (nSPS) is 13.0. The molecule has 0 aliphatic carbocycles. The standard InChI is InChI=1S/C19H24N2O4/c1-13-8-10-17(25-13)14(2)20-19(24)21-16(9-11-18(22)23)12-15-6-4-3-5-7-15/h3-8,10,14,16H,9,11-12H2,1-2H3,(H,22,23)(H2,20,21,24). The number of furan rings is 1. The van der Waals surface area contributed by atoms with Crippen molar-refractivity contribution in [2.75, 3.05) is 0 Å². The van der Waals surface area contributed by atoms with Gasteiger partial charge in [0.25, 0.3) is 0 Å². The molecule has 0 bridgehead atoms. The minimum absolute atomic E-state index is 0.00468. The van der Waals surface area contributed by atoms with Crippen LogP contribution in [0.15, 0.2) is 46.9 Å². The van der Waals surface area contributed by atoms with E-state index >= 15 is 0 Å². The van der Waals surface area contributed by atoms with Crippen molar-refractivity contribution >= 4 is 12.0 Å². The number of benzene rings is 1. The molecule has 0 radical (unpaired) electrons. The van der Waals surface area contributed by atoms with Crippen LogP contribution in [-0.2, 0) is 11.2 Å². The monoisotopic (exact) mass is 344 g/mol. The smallest absolute Gasteiger partial charge is 0.315 e. The molecule has 0 spiro atoms. The van der Waals surface area contributed by atoms with Crippen LogP contribution in [0.2, 0.25) is 0 Å². The van der Waals surface area contributed by atoms with Crippen molar-refractivity contribution in [2.24, 2.45) is 0 Å². The highest BCUT2D eigenvalue weighted by atomic mass is 16.4. The molecule has 1 aromatic carbocycles. The van der Waals surface area contributed by atoms with Gasteiger partial charge < -0.3 is 20.2 Å². The molecule has 2 rings (SSSR count). The highest BCUT2D eigenvalue weighted by Gasteiger charge is 2.17. The number of aryl methyl sites for hydroxylation is 1. The molecule has 0 aliphatic heterocycles. The quantitative estimate of drug-likeness (QED) is 0.684. The minimum atomic E-state index is -0.875. The van der Waals surface area contributed by atoms with E-state index in [4.69, 9.17) is 9.52 Å². The van der Waals surface area contributed by atoms with E-state index in [-0.39, 0.29) is 24.5 Å². The van der Waals surface area contributed by atoms with Gasteiger partial charge in [0.05, 0.1) is 6.04 Å². The lowest BCUT2D eigenvalue weighted by molar-refractivity contribution is -0.137. The first-order valence-corrected chi connectivity index (χ1v) is 8.33. The first-order chi connectivity index (χ1) is 11.9. The molecular formula is C19H24N2O4. The van der Waals surface area contributed by atoms with Crippen molar-refractivity contribution in [3.63, 3.8) is 0 Å². The average Bonchev–Trinajstić information content (AvgIpc) is 3.00. The van der Waals surface area contributed by atoms with Crippen LogP contribution in [0, 0.1) is 6.92 Å². The van der Waals surface area contributed by atoms with Crippen molar-refractivity contribution < 1.29 is 19.1 Å². The third-order valence-electron chi connectivity index (χ3n) is 3.90. The summed E-state index contributed by atoms with van der Waals surface area (Å²) in [7, 11) is 0. The molecule has 6 nitrogen and oxygen atoms in total. The van der Waals surface area contributed by atoms with Gasteiger partial charge in [-0.3, -0.25) is 4.79 Å². The van der Waals surface area contributed by atoms with Gasteiger partial charge in [-0.1, -0.05) is 30.3 Å². The second-order valence-corrected chi connectivity index (χ2v) is 6.11. The van der Waals surface area contributed by atoms with Gasteiger partial charge in [0.2, 0.25) is 0 Å². The van der Waals surface area contributed by atoms with Gasteiger partial charge in [0.1, 0.15) is 11.5 Å². The number of nitrogens with one attached hydrogen (secondary N) is 2. The SMILES string of the molecule is Cc1ccc(C(C)NC(=O)NC(CCC(=O)O)Cc2ccccc2)o1. The average molecular weight is 344 g/mol. The van der Waals surface area contributed by atoms with E-state index in [2.05, 4.69) is 10.6 Å². The fourth-order valence-corrected chi connectivity index (χ4v) is 2.60. The summed E-state index contributed by atoms with van der Waals surface area (Å²) in [4.78, 5) is 23.1. The van der Waals surface area contributed by atoms with Gasteiger partial charge in [-0.2, -0.15) is 0 Å². The van der Waals surface area contributed by atoms with Crippen molar-refractivity contribution in [3.05, 3.63) is 59.5 Å². The number of amides is 2. The number of aliphatic carboxylic acids is 1. The number of hydrogen-bond donors (Lipinski definition) is 3. The van der Waals surface area contributed by atoms with Crippen LogP contribution >= 0.6 is 0 Å². The van der Waals surface area contributed by atoms with E-state index < -0.39 is 5.97 Å². The summed E-state index contributed by atoms with van der Waals surface area (Å²) in [6.45, 7) is 3.68. The summed E-state index contributed by atoms with van der Waals surface area (Å²) in [6, 6.07) is 12.5. The second-order valence-electron chi connectivity index (χ2n) is 6.11. The molecule has 0 saturated carbocycles. The lowest BCUT2D eigenvalue weighted by atomic mass is 10.0. The van der Waals surface area contributed by atoms with Gasteiger partial charge in [0, 0.05) is 12.5 Å². The third-order valence-corrected chi connectivity index (χ3v) is 3.90. The Bertz CT molecular complexity index is 696. The Hall–Kier alpha value is -2.76. The highest BCUT2D eigenvalue weighted by Crippen LogP contribution is 2.15. The molecule has 2 aromatic rings. The Labute approximate surface area is 147 Å². The number of carbonyl (C=O) groups excluding carboxylic acids is 1. The van der Waals surface area contributed by atoms with E-state index in [9.17, 15) is 9.59 Å². The molecule has 6 heteroatoms. The number of rotatable bonds is 8. The van der Waals surface area contributed by atoms with Crippen LogP contribution in [0.4, 0.5) is 4.79 Å². The first-order valence-electron chi connectivity index (χ1n) is 8.33. The maximum absolute atomic E-state index is 12.3. The molecule has 0 aliphatic rings. The summed E-state index contributed by atoms with van der Waals surface area (Å²) < 4.78 is 5.51. The van der Waals surface area contributed by atoms with Crippen molar-refractivity contribution in [1.82, 2.24) is 10.6 Å². The van der Waals surface area contributed by atoms with Crippen molar-refractivity contribution in [1.29, 1.82) is 0 Å². The van der Waals surface area contributed by atoms with E-state index in [0.29, 0.717) is 18.6 Å². The van der Waals surface area contributed by atoms with E-state index in [1.54, 1.807) is 0 Å². The van der Waals surface area contributed by atoms with E-state index in [0.717, 1.165) is 11.3 Å². The van der Waals surface area contributed by atoms with Gasteiger partial charge >= 0.3 is 12.0 Å². The Kier molecular flexibility index (Phi) is 6.62. The Balaban J connectivity index is 1.94. The first kappa shape index (κ1) is 18.6. The van der Waals surface area contributed by atoms with Gasteiger partial charge in [0.15, 0.2) is 0 Å². The van der Waals surface area contributed by atoms with Gasteiger partial charge in [-0.05, 0) is 44.4 Å². The van der Waals surface area contributed by atoms with E-state index in [1.165, 1.54) is 0 Å². The molecule has 25 heavy (non-hydrogen) atoms. The molecule has 2 unspecified atom stereocenters. The fraction of sp³-hybridized carbons (Fsp3) is 0.368. The number of carboxylic acids is 1. The maximum Gasteiger partial charge on any atom is 0.315 e. The summed E-state index contributed by atoms with van der Waals surface area (Å²) in [5.74, 6) is 0.588. The highest BCUT2D eigenvalue weighted by molar-refractivity contribution is 5.75. The number of carboxylic acid groups (broad SMARTS) is 1. The lowest BCUT2D eigenvalue weighted by Gasteiger charge is -2.20. The topological polar surface area (TPSA) is 91.6 Å². The molecule has 2 amide bonds. The Morgan fingerprint density at radius 2 is 1.84 bits per heavy atom. The molecule has 0 fully saturated rings. The largest absolute Gasteiger partial charge is 0.481 e. The Morgan fingerprint density at radius 3 is 2.44 bits per heavy atom. The zero-order valence-electron chi connectivity index (χ0n) is 14.5. The van der Waals surface area contributed by atoms with Crippen molar-refractivity contribution in [3.8, 4) is 0 Å². The zero-order chi connectivity index (χ0) is 18.2. The molecule has 1 heterocycles. The van der Waals surface area contributed by atoms with Gasteiger partial charge in [-0.15, -0.1) is 0 Å².